The van der Waals surface area contributed by atoms with Crippen LogP contribution in [0.4, 0.5) is 0 Å². The lowest BCUT2D eigenvalue weighted by molar-refractivity contribution is -0.233. The van der Waals surface area contributed by atoms with Gasteiger partial charge in [-0.2, -0.15) is 0 Å². The van der Waals surface area contributed by atoms with Crippen LogP contribution in [0, 0.1) is 56.2 Å². The first-order chi connectivity index (χ1) is 22.3. The van der Waals surface area contributed by atoms with E-state index in [0.29, 0.717) is 29.6 Å². The van der Waals surface area contributed by atoms with Crippen molar-refractivity contribution in [1.29, 1.82) is 0 Å². The highest BCUT2D eigenvalue weighted by molar-refractivity contribution is 6.00. The van der Waals surface area contributed by atoms with Crippen molar-refractivity contribution in [1.82, 2.24) is 5.32 Å². The van der Waals surface area contributed by atoms with Gasteiger partial charge in [0, 0.05) is 23.3 Å². The number of hydrogen-bond donors (Lipinski definition) is 2. The van der Waals surface area contributed by atoms with Crippen molar-refractivity contribution in [3.8, 4) is 0 Å². The number of Topliss-reactive ketones (excluding diaryl/α,β-unsaturated/α-hetero) is 1. The molecule has 0 bridgehead atoms. The van der Waals surface area contributed by atoms with E-state index in [1.807, 2.05) is 0 Å². The number of aliphatic carboxylic acids is 1. The minimum absolute atomic E-state index is 0.0376. The molecular weight excluding hydrogens is 598 g/mol. The summed E-state index contributed by atoms with van der Waals surface area (Å²) in [7, 11) is 0. The summed E-state index contributed by atoms with van der Waals surface area (Å²) in [4.78, 5) is 38.7. The summed E-state index contributed by atoms with van der Waals surface area (Å²) < 4.78 is 6.18. The topological polar surface area (TPSA) is 92.7 Å². The summed E-state index contributed by atoms with van der Waals surface area (Å²) in [5.74, 6) is 0.860. The lowest BCUT2D eigenvalue weighted by Crippen LogP contribution is -2.65. The average Bonchev–Trinajstić information content (AvgIpc) is 3.60. The summed E-state index contributed by atoms with van der Waals surface area (Å²) in [6.07, 6.45) is 15.7. The van der Waals surface area contributed by atoms with E-state index >= 15 is 0 Å². The maximum absolute atomic E-state index is 13.9. The molecule has 0 spiro atoms. The number of nitrogens with one attached hydrogen (secondary N) is 1. The predicted octanol–water partition coefficient (Wildman–Crippen LogP) is 9.30. The van der Waals surface area contributed by atoms with Crippen LogP contribution in [-0.2, 0) is 19.1 Å². The van der Waals surface area contributed by atoms with Crippen molar-refractivity contribution in [3.63, 3.8) is 0 Å². The Morgan fingerprint density at radius 2 is 1.58 bits per heavy atom. The number of carbonyl (C=O) groups is 3. The molecule has 8 atom stereocenters. The quantitative estimate of drug-likeness (QED) is 0.239. The lowest BCUT2D eigenvalue weighted by Gasteiger charge is -2.72. The van der Waals surface area contributed by atoms with Gasteiger partial charge in [-0.05, 0) is 137 Å². The molecule has 48 heavy (non-hydrogen) atoms. The fraction of sp³-hybridized carbons (Fsp3) is 0.881. The van der Waals surface area contributed by atoms with Crippen molar-refractivity contribution in [2.75, 3.05) is 6.54 Å². The number of carboxylic acid groups (broad SMARTS) is 1. The SMILES string of the molecule is CC(C)C1=C2[C@H]3CC[C@H]4C(C)(CC[C@H]5C(C)(C)[C@@H](OC(=O)CC(C)(C)C(=O)O)CC[C@@]54C)[C@]3(C)CCC2(CCNC2CCCC2)CC1=O. The molecule has 270 valence electrons. The van der Waals surface area contributed by atoms with E-state index in [0.717, 1.165) is 45.1 Å². The van der Waals surface area contributed by atoms with Crippen molar-refractivity contribution >= 4 is 17.7 Å². The van der Waals surface area contributed by atoms with Gasteiger partial charge in [-0.3, -0.25) is 14.4 Å². The molecular formula is C42H67NO5. The highest BCUT2D eigenvalue weighted by atomic mass is 16.5. The predicted molar refractivity (Wildman–Crippen MR) is 190 cm³/mol. The van der Waals surface area contributed by atoms with Gasteiger partial charge in [-0.15, -0.1) is 0 Å². The van der Waals surface area contributed by atoms with Gasteiger partial charge in [-0.25, -0.2) is 0 Å². The Bertz CT molecular complexity index is 1340. The molecule has 6 nitrogen and oxygen atoms in total. The third-order valence-corrected chi connectivity index (χ3v) is 16.3. The molecule has 5 fully saturated rings. The Kier molecular flexibility index (Phi) is 9.20. The first-order valence-corrected chi connectivity index (χ1v) is 19.8. The first-order valence-electron chi connectivity index (χ1n) is 19.8. The summed E-state index contributed by atoms with van der Waals surface area (Å²) in [5.41, 5.74) is 1.99. The number of rotatable bonds is 9. The van der Waals surface area contributed by atoms with Crippen molar-refractivity contribution in [3.05, 3.63) is 11.1 Å². The minimum Gasteiger partial charge on any atom is -0.481 e. The summed E-state index contributed by atoms with van der Waals surface area (Å²) in [6, 6.07) is 0.661. The van der Waals surface area contributed by atoms with Crippen molar-refractivity contribution in [2.24, 2.45) is 56.2 Å². The van der Waals surface area contributed by atoms with E-state index in [1.54, 1.807) is 19.4 Å². The van der Waals surface area contributed by atoms with Crippen LogP contribution in [-0.4, -0.2) is 41.5 Å². The number of carboxylic acids is 1. The van der Waals surface area contributed by atoms with Gasteiger partial charge in [0.1, 0.15) is 6.10 Å². The van der Waals surface area contributed by atoms with Crippen molar-refractivity contribution < 1.29 is 24.2 Å². The van der Waals surface area contributed by atoms with Gasteiger partial charge in [0.2, 0.25) is 0 Å². The molecule has 5 saturated carbocycles. The van der Waals surface area contributed by atoms with E-state index in [-0.39, 0.29) is 51.5 Å². The van der Waals surface area contributed by atoms with Gasteiger partial charge >= 0.3 is 11.9 Å². The number of fused-ring (bicyclic) bond motifs is 7. The number of carbonyl (C=O) groups excluding carboxylic acids is 2. The molecule has 6 rings (SSSR count). The van der Waals surface area contributed by atoms with Gasteiger partial charge in [-0.1, -0.05) is 66.9 Å². The van der Waals surface area contributed by atoms with E-state index in [1.165, 1.54) is 56.9 Å². The number of hydrogen-bond acceptors (Lipinski definition) is 5. The van der Waals surface area contributed by atoms with E-state index in [4.69, 9.17) is 4.74 Å². The molecule has 6 aliphatic rings. The zero-order chi connectivity index (χ0) is 35.1. The van der Waals surface area contributed by atoms with E-state index < -0.39 is 11.4 Å². The van der Waals surface area contributed by atoms with E-state index in [2.05, 4.69) is 53.8 Å². The molecule has 0 aromatic rings. The number of ketones is 1. The van der Waals surface area contributed by atoms with Crippen molar-refractivity contribution in [2.45, 2.75) is 171 Å². The van der Waals surface area contributed by atoms with Gasteiger partial charge in [0.15, 0.2) is 5.78 Å². The molecule has 0 saturated heterocycles. The molecule has 0 aromatic carbocycles. The Balaban J connectivity index is 1.26. The molecule has 0 amide bonds. The summed E-state index contributed by atoms with van der Waals surface area (Å²) in [6.45, 7) is 21.2. The molecule has 0 heterocycles. The molecule has 6 heteroatoms. The maximum atomic E-state index is 13.9. The Labute approximate surface area is 291 Å². The Morgan fingerprint density at radius 1 is 0.896 bits per heavy atom. The molecule has 2 N–H and O–H groups in total. The van der Waals surface area contributed by atoms with Crippen LogP contribution in [0.3, 0.4) is 0 Å². The lowest BCUT2D eigenvalue weighted by atomic mass is 9.33. The second-order valence-electron chi connectivity index (χ2n) is 19.9. The van der Waals surface area contributed by atoms with Crippen LogP contribution in [0.25, 0.3) is 0 Å². The number of allylic oxidation sites excluding steroid dienone is 2. The van der Waals surface area contributed by atoms with Gasteiger partial charge < -0.3 is 15.2 Å². The smallest absolute Gasteiger partial charge is 0.309 e. The number of ether oxygens (including phenoxy) is 1. The zero-order valence-corrected chi connectivity index (χ0v) is 31.9. The van der Waals surface area contributed by atoms with Crippen LogP contribution in [0.5, 0.6) is 0 Å². The molecule has 2 unspecified atom stereocenters. The highest BCUT2D eigenvalue weighted by Crippen LogP contribution is 2.77. The van der Waals surface area contributed by atoms with Gasteiger partial charge in [0.25, 0.3) is 0 Å². The Hall–Kier alpha value is -1.69. The van der Waals surface area contributed by atoms with E-state index in [9.17, 15) is 19.5 Å². The van der Waals surface area contributed by atoms with Crippen LogP contribution >= 0.6 is 0 Å². The third-order valence-electron chi connectivity index (χ3n) is 16.3. The second kappa shape index (κ2) is 12.2. The molecule has 0 aliphatic heterocycles. The van der Waals surface area contributed by atoms with Gasteiger partial charge in [0.05, 0.1) is 11.8 Å². The largest absolute Gasteiger partial charge is 0.481 e. The fourth-order valence-corrected chi connectivity index (χ4v) is 13.5. The summed E-state index contributed by atoms with van der Waals surface area (Å²) >= 11 is 0. The Morgan fingerprint density at radius 3 is 2.23 bits per heavy atom. The third kappa shape index (κ3) is 5.47. The van der Waals surface area contributed by atoms with Crippen LogP contribution in [0.15, 0.2) is 11.1 Å². The monoisotopic (exact) mass is 666 g/mol. The number of esters is 1. The zero-order valence-electron chi connectivity index (χ0n) is 31.9. The normalized spacial score (nSPS) is 41.1. The molecule has 0 radical (unpaired) electrons. The van der Waals surface area contributed by atoms with Crippen LogP contribution < -0.4 is 5.32 Å². The fourth-order valence-electron chi connectivity index (χ4n) is 13.5. The first kappa shape index (κ1) is 36.1. The van der Waals surface area contributed by atoms with Crippen LogP contribution in [0.1, 0.15) is 159 Å². The molecule has 0 aromatic heterocycles. The molecule has 6 aliphatic carbocycles. The summed E-state index contributed by atoms with van der Waals surface area (Å²) in [5, 5.41) is 13.5. The second-order valence-corrected chi connectivity index (χ2v) is 19.9. The standard InChI is InChI=1S/C42H67NO5/c1-26(2)34-29(44)24-42(22-23-43-27-12-10-11-13-27)21-20-40(8)28(35(34)42)14-15-31-39(7)18-17-32(48-33(45)25-37(3,4)36(46)47)38(5,6)30(39)16-19-41(31,40)9/h26-28,30-32,43H,10-25H2,1-9H3,(H,46,47)/t28-,30+,31-,32+,39+,40-,41?,42?/m1/s1. The van der Waals surface area contributed by atoms with Crippen LogP contribution in [0.2, 0.25) is 0 Å². The highest BCUT2D eigenvalue weighted by Gasteiger charge is 2.70. The minimum atomic E-state index is -1.13. The maximum Gasteiger partial charge on any atom is 0.309 e. The average molecular weight is 666 g/mol.